The van der Waals surface area contributed by atoms with E-state index in [0.29, 0.717) is 38.6 Å². The Morgan fingerprint density at radius 2 is 1.86 bits per heavy atom. The van der Waals surface area contributed by atoms with E-state index < -0.39 is 11.7 Å². The molecule has 1 aromatic rings. The summed E-state index contributed by atoms with van der Waals surface area (Å²) in [7, 11) is 3.70. The molecule has 1 atom stereocenters. The summed E-state index contributed by atoms with van der Waals surface area (Å²) in [6.45, 7) is 10.0. The van der Waals surface area contributed by atoms with Crippen molar-refractivity contribution in [3.63, 3.8) is 0 Å². The predicted octanol–water partition coefficient (Wildman–Crippen LogP) is 2.04. The number of carbonyl (C=O) groups excluding carboxylic acids is 2. The van der Waals surface area contributed by atoms with Crippen molar-refractivity contribution in [2.24, 2.45) is 0 Å². The Labute approximate surface area is 167 Å². The Hall–Kier alpha value is -2.35. The summed E-state index contributed by atoms with van der Waals surface area (Å²) in [4.78, 5) is 34.4. The van der Waals surface area contributed by atoms with Crippen molar-refractivity contribution in [3.8, 4) is 5.88 Å². The van der Waals surface area contributed by atoms with Gasteiger partial charge >= 0.3 is 6.09 Å². The Morgan fingerprint density at radius 1 is 1.21 bits per heavy atom. The standard InChI is InChI=1S/C20H32N4O4/c1-15(17(25)14-22(5)6)27-18-16(8-7-9-21-18)23-10-12-24(13-11-23)19(26)28-20(2,3)4/h7-9,15H,10-14H2,1-6H3. The third kappa shape index (κ3) is 6.37. The number of anilines is 1. The maximum atomic E-state index is 12.2. The van der Waals surface area contributed by atoms with Crippen molar-refractivity contribution in [1.82, 2.24) is 14.8 Å². The summed E-state index contributed by atoms with van der Waals surface area (Å²) in [5.74, 6) is 0.434. The molecule has 0 aliphatic carbocycles. The summed E-state index contributed by atoms with van der Waals surface area (Å²) in [6.07, 6.45) is 0.774. The van der Waals surface area contributed by atoms with E-state index in [0.717, 1.165) is 5.69 Å². The zero-order valence-electron chi connectivity index (χ0n) is 17.8. The fraction of sp³-hybridized carbons (Fsp3) is 0.650. The molecule has 8 heteroatoms. The molecule has 1 amide bonds. The van der Waals surface area contributed by atoms with Crippen LogP contribution < -0.4 is 9.64 Å². The van der Waals surface area contributed by atoms with Crippen molar-refractivity contribution in [3.05, 3.63) is 18.3 Å². The smallest absolute Gasteiger partial charge is 0.410 e. The summed E-state index contributed by atoms with van der Waals surface area (Å²) in [6, 6.07) is 3.77. The van der Waals surface area contributed by atoms with Gasteiger partial charge < -0.3 is 24.2 Å². The highest BCUT2D eigenvalue weighted by Crippen LogP contribution is 2.27. The summed E-state index contributed by atoms with van der Waals surface area (Å²) >= 11 is 0. The van der Waals surface area contributed by atoms with Crippen molar-refractivity contribution in [2.45, 2.75) is 39.4 Å². The summed E-state index contributed by atoms with van der Waals surface area (Å²) in [5.41, 5.74) is 0.323. The van der Waals surface area contributed by atoms with Gasteiger partial charge in [0.15, 0.2) is 11.9 Å². The van der Waals surface area contributed by atoms with E-state index in [-0.39, 0.29) is 11.9 Å². The Morgan fingerprint density at radius 3 is 2.43 bits per heavy atom. The first-order valence-electron chi connectivity index (χ1n) is 9.59. The molecular formula is C20H32N4O4. The Kier molecular flexibility index (Phi) is 7.23. The van der Waals surface area contributed by atoms with Crippen LogP contribution in [0, 0.1) is 0 Å². The van der Waals surface area contributed by atoms with E-state index in [2.05, 4.69) is 9.88 Å². The van der Waals surface area contributed by atoms with E-state index in [9.17, 15) is 9.59 Å². The number of Topliss-reactive ketones (excluding diaryl/α,β-unsaturated/α-hetero) is 1. The van der Waals surface area contributed by atoms with Crippen molar-refractivity contribution < 1.29 is 19.1 Å². The number of hydrogen-bond donors (Lipinski definition) is 0. The number of piperazine rings is 1. The Bertz CT molecular complexity index is 679. The first-order valence-corrected chi connectivity index (χ1v) is 9.59. The number of nitrogens with zero attached hydrogens (tertiary/aromatic N) is 4. The monoisotopic (exact) mass is 392 g/mol. The van der Waals surface area contributed by atoms with Gasteiger partial charge in [-0.1, -0.05) is 0 Å². The average molecular weight is 393 g/mol. The van der Waals surface area contributed by atoms with Crippen LogP contribution in [0.3, 0.4) is 0 Å². The van der Waals surface area contributed by atoms with Gasteiger partial charge in [0, 0.05) is 32.4 Å². The lowest BCUT2D eigenvalue weighted by Crippen LogP contribution is -2.50. The highest BCUT2D eigenvalue weighted by Gasteiger charge is 2.27. The van der Waals surface area contributed by atoms with Gasteiger partial charge in [-0.25, -0.2) is 9.78 Å². The predicted molar refractivity (Wildman–Crippen MR) is 108 cm³/mol. The van der Waals surface area contributed by atoms with E-state index in [1.165, 1.54) is 0 Å². The lowest BCUT2D eigenvalue weighted by molar-refractivity contribution is -0.125. The van der Waals surface area contributed by atoms with E-state index in [1.54, 1.807) is 18.0 Å². The third-order valence-electron chi connectivity index (χ3n) is 4.24. The molecule has 1 aliphatic heterocycles. The molecule has 2 rings (SSSR count). The van der Waals surface area contributed by atoms with Gasteiger partial charge in [0.1, 0.15) is 11.3 Å². The number of hydrogen-bond acceptors (Lipinski definition) is 7. The van der Waals surface area contributed by atoms with Crippen LogP contribution in [0.2, 0.25) is 0 Å². The second-order valence-electron chi connectivity index (χ2n) is 8.25. The number of carbonyl (C=O) groups is 2. The highest BCUT2D eigenvalue weighted by molar-refractivity contribution is 5.85. The zero-order chi connectivity index (χ0) is 20.9. The molecule has 1 aromatic heterocycles. The molecule has 0 saturated carbocycles. The van der Waals surface area contributed by atoms with E-state index in [1.807, 2.05) is 51.9 Å². The molecule has 156 valence electrons. The molecular weight excluding hydrogens is 360 g/mol. The maximum Gasteiger partial charge on any atom is 0.410 e. The van der Waals surface area contributed by atoms with Crippen LogP contribution in [-0.4, -0.2) is 85.2 Å². The first-order chi connectivity index (χ1) is 13.1. The van der Waals surface area contributed by atoms with E-state index in [4.69, 9.17) is 9.47 Å². The van der Waals surface area contributed by atoms with Crippen LogP contribution in [0.4, 0.5) is 10.5 Å². The van der Waals surface area contributed by atoms with Crippen molar-refractivity contribution in [2.75, 3.05) is 51.7 Å². The van der Waals surface area contributed by atoms with Gasteiger partial charge in [0.25, 0.3) is 0 Å². The van der Waals surface area contributed by atoms with Gasteiger partial charge in [0.05, 0.1) is 6.54 Å². The lowest BCUT2D eigenvalue weighted by atomic mass is 10.2. The molecule has 0 aromatic carbocycles. The first kappa shape index (κ1) is 21.9. The molecule has 1 unspecified atom stereocenters. The minimum absolute atomic E-state index is 0.00338. The number of ketones is 1. The van der Waals surface area contributed by atoms with E-state index >= 15 is 0 Å². The van der Waals surface area contributed by atoms with Gasteiger partial charge in [-0.05, 0) is 53.9 Å². The van der Waals surface area contributed by atoms with Crippen molar-refractivity contribution in [1.29, 1.82) is 0 Å². The minimum Gasteiger partial charge on any atom is -0.465 e. The maximum absolute atomic E-state index is 12.2. The molecule has 1 saturated heterocycles. The lowest BCUT2D eigenvalue weighted by Gasteiger charge is -2.37. The average Bonchev–Trinajstić information content (AvgIpc) is 2.60. The molecule has 0 spiro atoms. The van der Waals surface area contributed by atoms with Gasteiger partial charge in [-0.2, -0.15) is 0 Å². The fourth-order valence-corrected chi connectivity index (χ4v) is 2.84. The largest absolute Gasteiger partial charge is 0.465 e. The van der Waals surface area contributed by atoms with Crippen molar-refractivity contribution >= 4 is 17.6 Å². The molecule has 0 N–H and O–H groups in total. The van der Waals surface area contributed by atoms with Gasteiger partial charge in [-0.3, -0.25) is 4.79 Å². The van der Waals surface area contributed by atoms with Crippen LogP contribution in [0.5, 0.6) is 5.88 Å². The molecule has 1 aliphatic rings. The number of ether oxygens (including phenoxy) is 2. The Balaban J connectivity index is 2.00. The molecule has 8 nitrogen and oxygen atoms in total. The molecule has 1 fully saturated rings. The van der Waals surface area contributed by atoms with Crippen LogP contribution in [0.25, 0.3) is 0 Å². The summed E-state index contributed by atoms with van der Waals surface area (Å²) < 4.78 is 11.3. The molecule has 28 heavy (non-hydrogen) atoms. The van der Waals surface area contributed by atoms with Crippen LogP contribution in [0.15, 0.2) is 18.3 Å². The number of amides is 1. The second-order valence-corrected chi connectivity index (χ2v) is 8.25. The molecule has 0 radical (unpaired) electrons. The van der Waals surface area contributed by atoms with Crippen LogP contribution in [0.1, 0.15) is 27.7 Å². The fourth-order valence-electron chi connectivity index (χ4n) is 2.84. The topological polar surface area (TPSA) is 75.2 Å². The number of likely N-dealkylation sites (N-methyl/N-ethyl adjacent to an activating group) is 1. The number of rotatable bonds is 6. The molecule has 0 bridgehead atoms. The highest BCUT2D eigenvalue weighted by atomic mass is 16.6. The normalized spacial score (nSPS) is 16.1. The van der Waals surface area contributed by atoms with Gasteiger partial charge in [-0.15, -0.1) is 0 Å². The summed E-state index contributed by atoms with van der Waals surface area (Å²) in [5, 5.41) is 0. The van der Waals surface area contributed by atoms with Crippen LogP contribution >= 0.6 is 0 Å². The third-order valence-corrected chi connectivity index (χ3v) is 4.24. The SMILES string of the molecule is CC(Oc1ncccc1N1CCN(C(=O)OC(C)(C)C)CC1)C(=O)CN(C)C. The van der Waals surface area contributed by atoms with Crippen LogP contribution in [-0.2, 0) is 9.53 Å². The number of pyridine rings is 1. The molecule has 2 heterocycles. The zero-order valence-corrected chi connectivity index (χ0v) is 17.8. The quantitative estimate of drug-likeness (QED) is 0.733. The number of aromatic nitrogens is 1. The second kappa shape index (κ2) is 9.23. The van der Waals surface area contributed by atoms with Gasteiger partial charge in [0.2, 0.25) is 5.88 Å². The minimum atomic E-state index is -0.584.